The van der Waals surface area contributed by atoms with Crippen LogP contribution < -0.4 is 0 Å². The van der Waals surface area contributed by atoms with Crippen molar-refractivity contribution in [3.05, 3.63) is 48.6 Å². The highest BCUT2D eigenvalue weighted by atomic mass is 16.7. The van der Waals surface area contributed by atoms with E-state index in [9.17, 15) is 30.0 Å². The van der Waals surface area contributed by atoms with E-state index in [0.29, 0.717) is 6.42 Å². The fourth-order valence-corrected chi connectivity index (χ4v) is 7.36. The quantitative estimate of drug-likeness (QED) is 0.0265. The van der Waals surface area contributed by atoms with Crippen LogP contribution in [0, 0.1) is 0 Å². The van der Waals surface area contributed by atoms with Crippen molar-refractivity contribution in [2.24, 2.45) is 0 Å². The van der Waals surface area contributed by atoms with Crippen molar-refractivity contribution < 1.29 is 49.0 Å². The maximum absolute atomic E-state index is 12.8. The summed E-state index contributed by atoms with van der Waals surface area (Å²) in [6, 6.07) is 0. The van der Waals surface area contributed by atoms with Crippen LogP contribution in [-0.4, -0.2) is 89.0 Å². The van der Waals surface area contributed by atoms with Crippen LogP contribution in [0.25, 0.3) is 0 Å². The first-order chi connectivity index (χ1) is 29.8. The Morgan fingerprint density at radius 1 is 0.525 bits per heavy atom. The topological polar surface area (TPSA) is 152 Å². The molecular weight excluding hydrogens is 773 g/mol. The van der Waals surface area contributed by atoms with E-state index in [1.54, 1.807) is 0 Å². The Labute approximate surface area is 371 Å². The molecule has 10 heteroatoms. The van der Waals surface area contributed by atoms with Gasteiger partial charge < -0.3 is 39.4 Å². The summed E-state index contributed by atoms with van der Waals surface area (Å²) in [7, 11) is 0. The molecule has 0 aromatic carbocycles. The lowest BCUT2D eigenvalue weighted by Gasteiger charge is -2.39. The Bertz CT molecular complexity index is 1130. The maximum atomic E-state index is 12.8. The van der Waals surface area contributed by atoms with E-state index in [-0.39, 0.29) is 32.0 Å². The third-order valence-electron chi connectivity index (χ3n) is 11.2. The summed E-state index contributed by atoms with van der Waals surface area (Å²) >= 11 is 0. The minimum atomic E-state index is -1.60. The van der Waals surface area contributed by atoms with Crippen molar-refractivity contribution in [3.63, 3.8) is 0 Å². The second-order valence-electron chi connectivity index (χ2n) is 16.9. The van der Waals surface area contributed by atoms with Gasteiger partial charge in [-0.2, -0.15) is 0 Å². The van der Waals surface area contributed by atoms with Gasteiger partial charge in [-0.1, -0.05) is 191 Å². The number of unbranched alkanes of at least 4 members (excludes halogenated alkanes) is 22. The molecule has 10 nitrogen and oxygen atoms in total. The summed E-state index contributed by atoms with van der Waals surface area (Å²) in [5.41, 5.74) is 0. The molecule has 1 saturated heterocycles. The molecule has 6 unspecified atom stereocenters. The Morgan fingerprint density at radius 3 is 1.46 bits per heavy atom. The fourth-order valence-electron chi connectivity index (χ4n) is 7.36. The monoisotopic (exact) mass is 863 g/mol. The summed E-state index contributed by atoms with van der Waals surface area (Å²) in [5.74, 6) is -0.849. The van der Waals surface area contributed by atoms with Crippen molar-refractivity contribution in [1.82, 2.24) is 0 Å². The highest BCUT2D eigenvalue weighted by Crippen LogP contribution is 2.23. The minimum absolute atomic E-state index is 0.178. The molecule has 4 N–H and O–H groups in total. The van der Waals surface area contributed by atoms with Crippen molar-refractivity contribution in [1.29, 1.82) is 0 Å². The second-order valence-corrected chi connectivity index (χ2v) is 16.9. The van der Waals surface area contributed by atoms with Crippen LogP contribution in [0.2, 0.25) is 0 Å². The number of allylic oxidation sites excluding steroid dienone is 8. The predicted molar refractivity (Wildman–Crippen MR) is 247 cm³/mol. The van der Waals surface area contributed by atoms with Crippen LogP contribution >= 0.6 is 0 Å². The summed E-state index contributed by atoms with van der Waals surface area (Å²) in [4.78, 5) is 25.4. The van der Waals surface area contributed by atoms with Crippen molar-refractivity contribution >= 4 is 11.9 Å². The van der Waals surface area contributed by atoms with Gasteiger partial charge in [-0.3, -0.25) is 9.59 Å². The van der Waals surface area contributed by atoms with Crippen molar-refractivity contribution in [2.45, 2.75) is 243 Å². The first-order valence-corrected chi connectivity index (χ1v) is 24.7. The second kappa shape index (κ2) is 41.7. The Hall–Kier alpha value is -2.34. The molecule has 0 amide bonds. The maximum Gasteiger partial charge on any atom is 0.306 e. The van der Waals surface area contributed by atoms with E-state index in [4.69, 9.17) is 18.9 Å². The van der Waals surface area contributed by atoms with Crippen LogP contribution in [-0.2, 0) is 28.5 Å². The van der Waals surface area contributed by atoms with Gasteiger partial charge in [-0.05, 0) is 51.4 Å². The normalized spacial score (nSPS) is 20.1. The number of hydrogen-bond donors (Lipinski definition) is 4. The molecule has 6 atom stereocenters. The summed E-state index contributed by atoms with van der Waals surface area (Å²) in [6.45, 7) is 3.29. The van der Waals surface area contributed by atoms with E-state index in [2.05, 4.69) is 62.5 Å². The Morgan fingerprint density at radius 2 is 0.967 bits per heavy atom. The molecule has 0 aromatic rings. The lowest BCUT2D eigenvalue weighted by atomic mass is 9.99. The van der Waals surface area contributed by atoms with E-state index in [1.165, 1.54) is 116 Å². The smallest absolute Gasteiger partial charge is 0.306 e. The van der Waals surface area contributed by atoms with E-state index < -0.39 is 49.4 Å². The summed E-state index contributed by atoms with van der Waals surface area (Å²) in [5, 5.41) is 40.1. The molecule has 61 heavy (non-hydrogen) atoms. The van der Waals surface area contributed by atoms with Gasteiger partial charge >= 0.3 is 11.9 Å². The van der Waals surface area contributed by atoms with Crippen LogP contribution in [0.1, 0.15) is 206 Å². The largest absolute Gasteiger partial charge is 0.462 e. The first-order valence-electron chi connectivity index (χ1n) is 24.7. The van der Waals surface area contributed by atoms with E-state index in [0.717, 1.165) is 57.8 Å². The molecule has 1 aliphatic rings. The number of hydrogen-bond acceptors (Lipinski definition) is 10. The van der Waals surface area contributed by atoms with Gasteiger partial charge in [0.15, 0.2) is 12.4 Å². The van der Waals surface area contributed by atoms with Gasteiger partial charge in [0.2, 0.25) is 0 Å². The lowest BCUT2D eigenvalue weighted by Crippen LogP contribution is -2.59. The zero-order valence-corrected chi connectivity index (χ0v) is 38.7. The zero-order valence-electron chi connectivity index (χ0n) is 38.7. The van der Waals surface area contributed by atoms with Gasteiger partial charge in [-0.25, -0.2) is 0 Å². The molecular formula is C51H90O10. The molecule has 1 aliphatic heterocycles. The summed E-state index contributed by atoms with van der Waals surface area (Å²) in [6.07, 6.45) is 42.7. The number of aliphatic hydroxyl groups is 4. The molecule has 0 radical (unpaired) electrons. The molecule has 0 aliphatic carbocycles. The van der Waals surface area contributed by atoms with Gasteiger partial charge in [-0.15, -0.1) is 0 Å². The number of esters is 2. The Kier molecular flexibility index (Phi) is 38.7. The molecule has 1 rings (SSSR count). The van der Waals surface area contributed by atoms with Crippen molar-refractivity contribution in [2.75, 3.05) is 19.8 Å². The van der Waals surface area contributed by atoms with Crippen LogP contribution in [0.5, 0.6) is 0 Å². The predicted octanol–water partition coefficient (Wildman–Crippen LogP) is 11.2. The lowest BCUT2D eigenvalue weighted by molar-refractivity contribution is -0.305. The standard InChI is InChI=1S/C51H90O10/c1-3-5-7-9-11-13-15-17-19-20-21-22-23-24-26-27-29-31-33-35-37-39-46(53)58-42-44(43-59-51-50(57)49(56)48(55)45(41-52)61-51)60-47(54)40-38-36-34-32-30-28-25-18-16-14-12-10-8-6-4-2/h6,8,12,14,18,25,30,32,44-45,48-52,55-57H,3-5,7,9-11,13,15-17,19-24,26-29,31,33-43H2,1-2H3/b8-6-,14-12-,25-18-,32-30-. The van der Waals surface area contributed by atoms with Crippen LogP contribution in [0.15, 0.2) is 48.6 Å². The number of carbonyl (C=O) groups is 2. The molecule has 354 valence electrons. The number of aliphatic hydroxyl groups excluding tert-OH is 4. The van der Waals surface area contributed by atoms with Crippen LogP contribution in [0.3, 0.4) is 0 Å². The van der Waals surface area contributed by atoms with Gasteiger partial charge in [0.1, 0.15) is 31.0 Å². The highest BCUT2D eigenvalue weighted by molar-refractivity contribution is 5.70. The van der Waals surface area contributed by atoms with Gasteiger partial charge in [0.05, 0.1) is 13.2 Å². The molecule has 1 heterocycles. The third kappa shape index (κ3) is 32.9. The van der Waals surface area contributed by atoms with Gasteiger partial charge in [0, 0.05) is 12.8 Å². The fraction of sp³-hybridized carbons (Fsp3) is 0.804. The van der Waals surface area contributed by atoms with E-state index >= 15 is 0 Å². The van der Waals surface area contributed by atoms with E-state index in [1.807, 2.05) is 0 Å². The molecule has 1 fully saturated rings. The summed E-state index contributed by atoms with van der Waals surface area (Å²) < 4.78 is 22.2. The highest BCUT2D eigenvalue weighted by Gasteiger charge is 2.44. The molecule has 0 aromatic heterocycles. The number of carbonyl (C=O) groups excluding carboxylic acids is 2. The first kappa shape index (κ1) is 56.7. The van der Waals surface area contributed by atoms with Crippen LogP contribution in [0.4, 0.5) is 0 Å². The Balaban J connectivity index is 2.27. The number of rotatable bonds is 41. The van der Waals surface area contributed by atoms with Crippen molar-refractivity contribution in [3.8, 4) is 0 Å². The molecule has 0 saturated carbocycles. The SMILES string of the molecule is CC/C=C\C/C=C\C/C=C\C/C=C\CCCCC(=O)OC(COC(=O)CCCCCCCCCCCCCCCCCCCCCCC)COC1OC(CO)C(O)C(O)C1O. The third-order valence-corrected chi connectivity index (χ3v) is 11.2. The average Bonchev–Trinajstić information content (AvgIpc) is 3.26. The zero-order chi connectivity index (χ0) is 44.4. The average molecular weight is 863 g/mol. The molecule has 0 spiro atoms. The molecule has 0 bridgehead atoms. The van der Waals surface area contributed by atoms with Gasteiger partial charge in [0.25, 0.3) is 0 Å². The minimum Gasteiger partial charge on any atom is -0.462 e. The number of ether oxygens (including phenoxy) is 4.